The third kappa shape index (κ3) is 1.40. The molecule has 0 amide bonds. The minimum absolute atomic E-state index is 0.684. The molecule has 15 heavy (non-hydrogen) atoms. The fourth-order valence-corrected chi connectivity index (χ4v) is 3.60. The lowest BCUT2D eigenvalue weighted by atomic mass is 10.0. The summed E-state index contributed by atoms with van der Waals surface area (Å²) in [6, 6.07) is 0. The Balaban J connectivity index is 2.18. The van der Waals surface area contributed by atoms with Gasteiger partial charge in [-0.05, 0) is 32.2 Å². The molecule has 0 atom stereocenters. The van der Waals surface area contributed by atoms with Gasteiger partial charge in [0.05, 0.1) is 6.20 Å². The van der Waals surface area contributed by atoms with E-state index in [2.05, 4.69) is 9.38 Å². The number of aromatic nitrogens is 2. The molecule has 2 heterocycles. The molecule has 2 aromatic heterocycles. The Morgan fingerprint density at radius 3 is 3.13 bits per heavy atom. The van der Waals surface area contributed by atoms with Crippen LogP contribution in [0.4, 0.5) is 0 Å². The predicted octanol–water partition coefficient (Wildman–Crippen LogP) is 1.78. The van der Waals surface area contributed by atoms with Crippen LogP contribution in [0.3, 0.4) is 0 Å². The molecule has 80 valence electrons. The Morgan fingerprint density at radius 2 is 2.27 bits per heavy atom. The molecule has 3 nitrogen and oxygen atoms in total. The summed E-state index contributed by atoms with van der Waals surface area (Å²) in [5.74, 6) is 1.15. The van der Waals surface area contributed by atoms with Crippen LogP contribution in [-0.4, -0.2) is 15.9 Å². The summed E-state index contributed by atoms with van der Waals surface area (Å²) in [7, 11) is 0. The number of thiazole rings is 1. The van der Waals surface area contributed by atoms with Gasteiger partial charge in [0, 0.05) is 17.0 Å². The van der Waals surface area contributed by atoms with Crippen molar-refractivity contribution in [1.29, 1.82) is 0 Å². The molecule has 0 unspecified atom stereocenters. The van der Waals surface area contributed by atoms with E-state index in [0.717, 1.165) is 12.2 Å². The van der Waals surface area contributed by atoms with E-state index < -0.39 is 0 Å². The molecular formula is C11H15N3S. The number of nitrogens with zero attached hydrogens (tertiary/aromatic N) is 2. The van der Waals surface area contributed by atoms with Gasteiger partial charge in [0.15, 0.2) is 0 Å². The molecule has 0 radical (unpaired) electrons. The van der Waals surface area contributed by atoms with Crippen LogP contribution in [-0.2, 0) is 19.3 Å². The average Bonchev–Trinajstić information content (AvgIpc) is 2.78. The van der Waals surface area contributed by atoms with E-state index >= 15 is 0 Å². The van der Waals surface area contributed by atoms with Crippen LogP contribution in [0.2, 0.25) is 0 Å². The second-order valence-electron chi connectivity index (χ2n) is 4.07. The van der Waals surface area contributed by atoms with Gasteiger partial charge < -0.3 is 5.73 Å². The second-order valence-corrected chi connectivity index (χ2v) is 5.18. The van der Waals surface area contributed by atoms with Gasteiger partial charge in [0.1, 0.15) is 10.7 Å². The van der Waals surface area contributed by atoms with Crippen molar-refractivity contribution in [3.8, 4) is 0 Å². The average molecular weight is 221 g/mol. The van der Waals surface area contributed by atoms with Crippen molar-refractivity contribution in [3.63, 3.8) is 0 Å². The molecule has 0 fully saturated rings. The van der Waals surface area contributed by atoms with Gasteiger partial charge in [-0.3, -0.25) is 4.40 Å². The molecule has 2 N–H and O–H groups in total. The van der Waals surface area contributed by atoms with Gasteiger partial charge >= 0.3 is 0 Å². The van der Waals surface area contributed by atoms with Crippen LogP contribution in [0.25, 0.3) is 4.83 Å². The molecule has 1 aliphatic rings. The standard InChI is InChI=1S/C11H15N3S/c12-6-5-10-13-7-11-14(10)8-3-1-2-4-9(8)15-11/h7H,1-6,12H2. The summed E-state index contributed by atoms with van der Waals surface area (Å²) in [6.45, 7) is 0.684. The van der Waals surface area contributed by atoms with Crippen molar-refractivity contribution in [3.05, 3.63) is 22.6 Å². The number of hydrogen-bond donors (Lipinski definition) is 1. The van der Waals surface area contributed by atoms with E-state index in [1.54, 1.807) is 4.88 Å². The molecule has 2 aromatic rings. The lowest BCUT2D eigenvalue weighted by molar-refractivity contribution is 0.666. The van der Waals surface area contributed by atoms with Crippen LogP contribution in [0.15, 0.2) is 6.20 Å². The predicted molar refractivity (Wildman–Crippen MR) is 62.5 cm³/mol. The van der Waals surface area contributed by atoms with Gasteiger partial charge in [0.2, 0.25) is 0 Å². The highest BCUT2D eigenvalue weighted by Crippen LogP contribution is 2.31. The van der Waals surface area contributed by atoms with Crippen molar-refractivity contribution in [1.82, 2.24) is 9.38 Å². The number of hydrogen-bond acceptors (Lipinski definition) is 3. The van der Waals surface area contributed by atoms with Crippen molar-refractivity contribution >= 4 is 16.2 Å². The Morgan fingerprint density at radius 1 is 1.40 bits per heavy atom. The summed E-state index contributed by atoms with van der Waals surface area (Å²) >= 11 is 1.91. The van der Waals surface area contributed by atoms with E-state index in [1.807, 2.05) is 17.5 Å². The van der Waals surface area contributed by atoms with Crippen LogP contribution in [0, 0.1) is 0 Å². The number of aryl methyl sites for hydroxylation is 2. The molecular weight excluding hydrogens is 206 g/mol. The first-order valence-electron chi connectivity index (χ1n) is 5.57. The summed E-state index contributed by atoms with van der Waals surface area (Å²) in [4.78, 5) is 7.31. The highest BCUT2D eigenvalue weighted by atomic mass is 32.1. The summed E-state index contributed by atoms with van der Waals surface area (Å²) in [5, 5.41) is 0. The third-order valence-corrected chi connectivity index (χ3v) is 4.24. The topological polar surface area (TPSA) is 43.3 Å². The molecule has 4 heteroatoms. The van der Waals surface area contributed by atoms with Gasteiger partial charge in [-0.25, -0.2) is 4.98 Å². The minimum atomic E-state index is 0.684. The molecule has 0 bridgehead atoms. The molecule has 0 aromatic carbocycles. The summed E-state index contributed by atoms with van der Waals surface area (Å²) in [6.07, 6.45) is 8.01. The van der Waals surface area contributed by atoms with Gasteiger partial charge in [-0.15, -0.1) is 11.3 Å². The summed E-state index contributed by atoms with van der Waals surface area (Å²) in [5.41, 5.74) is 7.11. The Kier molecular flexibility index (Phi) is 2.25. The van der Waals surface area contributed by atoms with Crippen LogP contribution in [0.5, 0.6) is 0 Å². The number of rotatable bonds is 2. The quantitative estimate of drug-likeness (QED) is 0.840. The van der Waals surface area contributed by atoms with Crippen LogP contribution < -0.4 is 5.73 Å². The Bertz CT molecular complexity index is 483. The molecule has 0 spiro atoms. The fourth-order valence-electron chi connectivity index (χ4n) is 2.37. The lowest BCUT2D eigenvalue weighted by Gasteiger charge is -2.11. The SMILES string of the molecule is NCCc1ncc2sc3c(n12)CCCC3. The molecule has 0 saturated carbocycles. The summed E-state index contributed by atoms with van der Waals surface area (Å²) < 4.78 is 2.34. The minimum Gasteiger partial charge on any atom is -0.330 e. The van der Waals surface area contributed by atoms with Crippen molar-refractivity contribution in [2.45, 2.75) is 32.1 Å². The largest absolute Gasteiger partial charge is 0.330 e. The van der Waals surface area contributed by atoms with E-state index in [-0.39, 0.29) is 0 Å². The number of imidazole rings is 1. The Labute approximate surface area is 92.9 Å². The van der Waals surface area contributed by atoms with Crippen LogP contribution in [0.1, 0.15) is 29.2 Å². The maximum absolute atomic E-state index is 5.61. The zero-order valence-corrected chi connectivity index (χ0v) is 9.52. The zero-order chi connectivity index (χ0) is 10.3. The zero-order valence-electron chi connectivity index (χ0n) is 8.70. The smallest absolute Gasteiger partial charge is 0.120 e. The van der Waals surface area contributed by atoms with Gasteiger partial charge in [-0.1, -0.05) is 0 Å². The Hall–Kier alpha value is -0.870. The van der Waals surface area contributed by atoms with E-state index in [4.69, 9.17) is 5.73 Å². The number of nitrogens with two attached hydrogens (primary N) is 1. The van der Waals surface area contributed by atoms with Gasteiger partial charge in [-0.2, -0.15) is 0 Å². The van der Waals surface area contributed by atoms with E-state index in [1.165, 1.54) is 36.2 Å². The fraction of sp³-hybridized carbons (Fsp3) is 0.545. The third-order valence-electron chi connectivity index (χ3n) is 3.06. The van der Waals surface area contributed by atoms with Crippen molar-refractivity contribution in [2.24, 2.45) is 5.73 Å². The first-order valence-corrected chi connectivity index (χ1v) is 6.38. The van der Waals surface area contributed by atoms with Gasteiger partial charge in [0.25, 0.3) is 0 Å². The molecule has 0 saturated heterocycles. The normalized spacial score (nSPS) is 15.8. The first-order chi connectivity index (χ1) is 7.40. The first kappa shape index (κ1) is 9.36. The van der Waals surface area contributed by atoms with Crippen LogP contribution >= 0.6 is 11.3 Å². The van der Waals surface area contributed by atoms with E-state index in [0.29, 0.717) is 6.54 Å². The highest BCUT2D eigenvalue weighted by molar-refractivity contribution is 7.17. The molecule has 0 aliphatic heterocycles. The maximum Gasteiger partial charge on any atom is 0.120 e. The lowest BCUT2D eigenvalue weighted by Crippen LogP contribution is -2.09. The highest BCUT2D eigenvalue weighted by Gasteiger charge is 2.18. The number of fused-ring (bicyclic) bond motifs is 3. The van der Waals surface area contributed by atoms with Crippen molar-refractivity contribution in [2.75, 3.05) is 6.54 Å². The second kappa shape index (κ2) is 3.61. The van der Waals surface area contributed by atoms with E-state index in [9.17, 15) is 0 Å². The molecule has 3 rings (SSSR count). The monoisotopic (exact) mass is 221 g/mol. The maximum atomic E-state index is 5.61. The molecule has 1 aliphatic carbocycles. The van der Waals surface area contributed by atoms with Crippen molar-refractivity contribution < 1.29 is 0 Å².